The minimum absolute atomic E-state index is 0.00953. The molecule has 0 atom stereocenters. The molecular formula is C17H20N4O3S. The van der Waals surface area contributed by atoms with E-state index < -0.39 is 5.54 Å². The van der Waals surface area contributed by atoms with Crippen LogP contribution in [0.4, 0.5) is 5.13 Å². The second-order valence-electron chi connectivity index (χ2n) is 6.56. The summed E-state index contributed by atoms with van der Waals surface area (Å²) in [5.41, 5.74) is -0.722. The van der Waals surface area contributed by atoms with Gasteiger partial charge in [-0.15, -0.1) is 11.3 Å². The Hall–Kier alpha value is -2.35. The summed E-state index contributed by atoms with van der Waals surface area (Å²) in [6.45, 7) is 0.992. The van der Waals surface area contributed by atoms with Crippen LogP contribution in [0.2, 0.25) is 0 Å². The molecule has 0 spiro atoms. The van der Waals surface area contributed by atoms with Crippen LogP contribution in [-0.2, 0) is 4.79 Å². The lowest BCUT2D eigenvalue weighted by Gasteiger charge is -2.40. The third-order valence-electron chi connectivity index (χ3n) is 4.76. The molecule has 7 nitrogen and oxygen atoms in total. The Labute approximate surface area is 149 Å². The predicted octanol–water partition coefficient (Wildman–Crippen LogP) is 2.10. The normalized spacial score (nSPS) is 19.4. The maximum absolute atomic E-state index is 12.9. The first-order chi connectivity index (χ1) is 12.2. The standard InChI is InChI=1S/C17H20N4O3S/c22-14(13-2-1-10-24-13)21-8-5-17(6-9-21,15(23)19-12-3-4-12)20-16-18-7-11-25-16/h1-2,7,10-12H,3-6,8-9H2,(H,18,20)(H,19,23). The highest BCUT2D eigenvalue weighted by Gasteiger charge is 2.44. The van der Waals surface area contributed by atoms with Gasteiger partial charge in [0.2, 0.25) is 5.91 Å². The SMILES string of the molecule is O=C(c1ccco1)N1CCC(Nc2nccs2)(C(=O)NC2CC2)CC1. The molecule has 1 saturated heterocycles. The largest absolute Gasteiger partial charge is 0.459 e. The van der Waals surface area contributed by atoms with Crippen LogP contribution in [0.25, 0.3) is 0 Å². The van der Waals surface area contributed by atoms with Gasteiger partial charge in [-0.2, -0.15) is 0 Å². The number of hydrogen-bond donors (Lipinski definition) is 2. The molecule has 0 aromatic carbocycles. The molecule has 4 rings (SSSR count). The van der Waals surface area contributed by atoms with Crippen molar-refractivity contribution in [1.29, 1.82) is 0 Å². The number of carbonyl (C=O) groups excluding carboxylic acids is 2. The summed E-state index contributed by atoms with van der Waals surface area (Å²) in [6.07, 6.45) is 6.38. The van der Waals surface area contributed by atoms with Crippen LogP contribution >= 0.6 is 11.3 Å². The van der Waals surface area contributed by atoms with Gasteiger partial charge in [-0.05, 0) is 37.8 Å². The third kappa shape index (κ3) is 3.39. The molecule has 0 bridgehead atoms. The number of furan rings is 1. The van der Waals surface area contributed by atoms with Gasteiger partial charge in [-0.3, -0.25) is 9.59 Å². The first-order valence-corrected chi connectivity index (χ1v) is 9.36. The fourth-order valence-corrected chi connectivity index (χ4v) is 3.72. The number of rotatable bonds is 5. The van der Waals surface area contributed by atoms with E-state index in [-0.39, 0.29) is 11.8 Å². The summed E-state index contributed by atoms with van der Waals surface area (Å²) in [5, 5.41) is 9.05. The van der Waals surface area contributed by atoms with Gasteiger partial charge < -0.3 is 20.0 Å². The monoisotopic (exact) mass is 360 g/mol. The fourth-order valence-electron chi connectivity index (χ4n) is 3.10. The van der Waals surface area contributed by atoms with E-state index in [1.807, 2.05) is 5.38 Å². The zero-order valence-corrected chi connectivity index (χ0v) is 14.6. The number of carbonyl (C=O) groups is 2. The number of amides is 2. The van der Waals surface area contributed by atoms with Crippen molar-refractivity contribution in [2.24, 2.45) is 0 Å². The third-order valence-corrected chi connectivity index (χ3v) is 5.45. The van der Waals surface area contributed by atoms with E-state index in [1.54, 1.807) is 23.2 Å². The minimum atomic E-state index is -0.722. The molecule has 2 aromatic rings. The highest BCUT2D eigenvalue weighted by Crippen LogP contribution is 2.31. The molecule has 1 saturated carbocycles. The summed E-state index contributed by atoms with van der Waals surface area (Å²) in [6, 6.07) is 3.66. The van der Waals surface area contributed by atoms with Gasteiger partial charge in [0, 0.05) is 30.7 Å². The topological polar surface area (TPSA) is 87.5 Å². The van der Waals surface area contributed by atoms with E-state index in [4.69, 9.17) is 4.42 Å². The highest BCUT2D eigenvalue weighted by molar-refractivity contribution is 7.13. The van der Waals surface area contributed by atoms with Crippen molar-refractivity contribution in [2.45, 2.75) is 37.3 Å². The number of nitrogens with one attached hydrogen (secondary N) is 2. The molecule has 2 fully saturated rings. The molecule has 1 aliphatic carbocycles. The Morgan fingerprint density at radius 2 is 2.12 bits per heavy atom. The summed E-state index contributed by atoms with van der Waals surface area (Å²) >= 11 is 1.47. The van der Waals surface area contributed by atoms with Crippen molar-refractivity contribution in [1.82, 2.24) is 15.2 Å². The molecule has 2 N–H and O–H groups in total. The van der Waals surface area contributed by atoms with Crippen molar-refractivity contribution in [3.63, 3.8) is 0 Å². The number of aromatic nitrogens is 1. The van der Waals surface area contributed by atoms with Gasteiger partial charge in [0.25, 0.3) is 5.91 Å². The Kier molecular flexibility index (Phi) is 4.20. The van der Waals surface area contributed by atoms with E-state index in [2.05, 4.69) is 15.6 Å². The van der Waals surface area contributed by atoms with E-state index in [1.165, 1.54) is 17.6 Å². The zero-order valence-electron chi connectivity index (χ0n) is 13.7. The summed E-state index contributed by atoms with van der Waals surface area (Å²) in [4.78, 5) is 31.3. The van der Waals surface area contributed by atoms with Crippen LogP contribution < -0.4 is 10.6 Å². The molecule has 1 aliphatic heterocycles. The smallest absolute Gasteiger partial charge is 0.289 e. The van der Waals surface area contributed by atoms with E-state index >= 15 is 0 Å². The van der Waals surface area contributed by atoms with Crippen LogP contribution in [0.5, 0.6) is 0 Å². The molecule has 132 valence electrons. The average molecular weight is 360 g/mol. The number of hydrogen-bond acceptors (Lipinski definition) is 6. The number of likely N-dealkylation sites (tertiary alicyclic amines) is 1. The van der Waals surface area contributed by atoms with Crippen LogP contribution in [0, 0.1) is 0 Å². The molecule has 25 heavy (non-hydrogen) atoms. The van der Waals surface area contributed by atoms with Gasteiger partial charge in [0.15, 0.2) is 10.9 Å². The van der Waals surface area contributed by atoms with Crippen LogP contribution in [-0.4, -0.2) is 46.4 Å². The molecule has 8 heteroatoms. The van der Waals surface area contributed by atoms with Gasteiger partial charge in [-0.1, -0.05) is 0 Å². The lowest BCUT2D eigenvalue weighted by atomic mass is 9.86. The maximum atomic E-state index is 12.9. The van der Waals surface area contributed by atoms with Crippen LogP contribution in [0.3, 0.4) is 0 Å². The van der Waals surface area contributed by atoms with Gasteiger partial charge in [0.1, 0.15) is 5.54 Å². The van der Waals surface area contributed by atoms with E-state index in [0.717, 1.165) is 18.0 Å². The first kappa shape index (κ1) is 16.1. The maximum Gasteiger partial charge on any atom is 0.289 e. The highest BCUT2D eigenvalue weighted by atomic mass is 32.1. The molecule has 0 unspecified atom stereocenters. The van der Waals surface area contributed by atoms with E-state index in [9.17, 15) is 9.59 Å². The Morgan fingerprint density at radius 1 is 1.32 bits per heavy atom. The predicted molar refractivity (Wildman–Crippen MR) is 93.5 cm³/mol. The first-order valence-electron chi connectivity index (χ1n) is 8.48. The van der Waals surface area contributed by atoms with Gasteiger partial charge >= 0.3 is 0 Å². The minimum Gasteiger partial charge on any atom is -0.459 e. The van der Waals surface area contributed by atoms with Crippen molar-refractivity contribution < 1.29 is 14.0 Å². The molecule has 3 heterocycles. The molecule has 2 aliphatic rings. The Balaban J connectivity index is 1.48. The van der Waals surface area contributed by atoms with Gasteiger partial charge in [-0.25, -0.2) is 4.98 Å². The molecular weight excluding hydrogens is 340 g/mol. The van der Waals surface area contributed by atoms with Crippen molar-refractivity contribution in [2.75, 3.05) is 18.4 Å². The summed E-state index contributed by atoms with van der Waals surface area (Å²) in [5.74, 6) is 0.216. The fraction of sp³-hybridized carbons (Fsp3) is 0.471. The van der Waals surface area contributed by atoms with Crippen molar-refractivity contribution >= 4 is 28.3 Å². The Bertz CT molecular complexity index is 732. The van der Waals surface area contributed by atoms with E-state index in [0.29, 0.717) is 37.7 Å². The molecule has 2 amide bonds. The summed E-state index contributed by atoms with van der Waals surface area (Å²) in [7, 11) is 0. The number of thiazole rings is 1. The van der Waals surface area contributed by atoms with Gasteiger partial charge in [0.05, 0.1) is 6.26 Å². The molecule has 2 aromatic heterocycles. The second-order valence-corrected chi connectivity index (χ2v) is 7.46. The van der Waals surface area contributed by atoms with Crippen molar-refractivity contribution in [3.8, 4) is 0 Å². The lowest BCUT2D eigenvalue weighted by Crippen LogP contribution is -2.59. The van der Waals surface area contributed by atoms with Crippen LogP contribution in [0.15, 0.2) is 34.4 Å². The Morgan fingerprint density at radius 3 is 2.72 bits per heavy atom. The number of nitrogens with zero attached hydrogens (tertiary/aromatic N) is 2. The zero-order chi connectivity index (χ0) is 17.3. The number of anilines is 1. The van der Waals surface area contributed by atoms with Crippen molar-refractivity contribution in [3.05, 3.63) is 35.7 Å². The number of piperidine rings is 1. The second kappa shape index (κ2) is 6.51. The lowest BCUT2D eigenvalue weighted by molar-refractivity contribution is -0.127. The van der Waals surface area contributed by atoms with Crippen LogP contribution in [0.1, 0.15) is 36.2 Å². The summed E-state index contributed by atoms with van der Waals surface area (Å²) < 4.78 is 5.20. The quantitative estimate of drug-likeness (QED) is 0.853. The molecule has 0 radical (unpaired) electrons. The average Bonchev–Trinajstić information content (AvgIpc) is 3.08.